The number of carbonyl (C=O) groups is 1. The van der Waals surface area contributed by atoms with Crippen molar-refractivity contribution < 1.29 is 9.21 Å². The predicted octanol–water partition coefficient (Wildman–Crippen LogP) is 4.85. The second-order valence-corrected chi connectivity index (χ2v) is 6.14. The standard InChI is InChI=1S/C20H21NO2/c1-12-9-14(3)17(10-13(12)2)15(4)21-20(22)19-11-16-7-5-6-8-18(16)23-19/h5-11,15H,1-4H3,(H,21,22). The van der Waals surface area contributed by atoms with Crippen LogP contribution in [-0.2, 0) is 0 Å². The van der Waals surface area contributed by atoms with E-state index in [2.05, 4.69) is 38.2 Å². The number of para-hydroxylation sites is 1. The van der Waals surface area contributed by atoms with Crippen molar-refractivity contribution in [2.24, 2.45) is 0 Å². The summed E-state index contributed by atoms with van der Waals surface area (Å²) < 4.78 is 5.63. The van der Waals surface area contributed by atoms with Gasteiger partial charge < -0.3 is 9.73 Å². The topological polar surface area (TPSA) is 42.2 Å². The van der Waals surface area contributed by atoms with Crippen molar-refractivity contribution in [2.75, 3.05) is 0 Å². The normalized spacial score (nSPS) is 12.3. The molecule has 1 heterocycles. The third kappa shape index (κ3) is 3.00. The van der Waals surface area contributed by atoms with Gasteiger partial charge in [-0.05, 0) is 62.1 Å². The molecule has 2 aromatic carbocycles. The smallest absolute Gasteiger partial charge is 0.287 e. The summed E-state index contributed by atoms with van der Waals surface area (Å²) in [6.07, 6.45) is 0. The molecule has 1 atom stereocenters. The number of fused-ring (bicyclic) bond motifs is 1. The number of rotatable bonds is 3. The lowest BCUT2D eigenvalue weighted by molar-refractivity contribution is 0.0914. The minimum absolute atomic E-state index is 0.0741. The Morgan fingerprint density at radius 1 is 1.00 bits per heavy atom. The predicted molar refractivity (Wildman–Crippen MR) is 92.7 cm³/mol. The van der Waals surface area contributed by atoms with E-state index in [4.69, 9.17) is 4.42 Å². The average molecular weight is 307 g/mol. The fourth-order valence-corrected chi connectivity index (χ4v) is 2.89. The van der Waals surface area contributed by atoms with E-state index in [0.717, 1.165) is 16.5 Å². The van der Waals surface area contributed by atoms with Gasteiger partial charge in [-0.3, -0.25) is 4.79 Å². The third-order valence-corrected chi connectivity index (χ3v) is 4.35. The van der Waals surface area contributed by atoms with Gasteiger partial charge in [-0.1, -0.05) is 30.3 Å². The number of nitrogens with one attached hydrogen (secondary N) is 1. The van der Waals surface area contributed by atoms with Crippen LogP contribution in [0, 0.1) is 20.8 Å². The molecule has 0 bridgehead atoms. The molecule has 0 aliphatic heterocycles. The molecule has 118 valence electrons. The van der Waals surface area contributed by atoms with Gasteiger partial charge >= 0.3 is 0 Å². The minimum Gasteiger partial charge on any atom is -0.451 e. The number of amides is 1. The fourth-order valence-electron chi connectivity index (χ4n) is 2.89. The maximum absolute atomic E-state index is 12.5. The van der Waals surface area contributed by atoms with Gasteiger partial charge in [0.1, 0.15) is 5.58 Å². The first kappa shape index (κ1) is 15.3. The Morgan fingerprint density at radius 3 is 2.43 bits per heavy atom. The molecule has 0 saturated heterocycles. The first-order valence-corrected chi connectivity index (χ1v) is 7.83. The van der Waals surface area contributed by atoms with Crippen LogP contribution in [0.4, 0.5) is 0 Å². The molecule has 0 aliphatic rings. The lowest BCUT2D eigenvalue weighted by atomic mass is 9.96. The van der Waals surface area contributed by atoms with Gasteiger partial charge in [0.25, 0.3) is 5.91 Å². The maximum Gasteiger partial charge on any atom is 0.287 e. The maximum atomic E-state index is 12.5. The second-order valence-electron chi connectivity index (χ2n) is 6.14. The van der Waals surface area contributed by atoms with Gasteiger partial charge in [0.15, 0.2) is 5.76 Å². The third-order valence-electron chi connectivity index (χ3n) is 4.35. The Labute approximate surface area is 136 Å². The molecule has 3 rings (SSSR count). The van der Waals surface area contributed by atoms with Crippen molar-refractivity contribution in [3.8, 4) is 0 Å². The van der Waals surface area contributed by atoms with E-state index >= 15 is 0 Å². The fraction of sp³-hybridized carbons (Fsp3) is 0.250. The molecule has 1 N–H and O–H groups in total. The van der Waals surface area contributed by atoms with E-state index in [-0.39, 0.29) is 11.9 Å². The van der Waals surface area contributed by atoms with Crippen molar-refractivity contribution in [3.05, 3.63) is 70.5 Å². The Morgan fingerprint density at radius 2 is 1.70 bits per heavy atom. The molecular formula is C20H21NO2. The Kier molecular flexibility index (Phi) is 3.95. The quantitative estimate of drug-likeness (QED) is 0.751. The minimum atomic E-state index is -0.189. The van der Waals surface area contributed by atoms with Crippen LogP contribution in [0.1, 0.15) is 45.8 Å². The van der Waals surface area contributed by atoms with Crippen LogP contribution in [0.3, 0.4) is 0 Å². The Hall–Kier alpha value is -2.55. The summed E-state index contributed by atoms with van der Waals surface area (Å²) in [4.78, 5) is 12.5. The number of aryl methyl sites for hydroxylation is 3. The van der Waals surface area contributed by atoms with Crippen molar-refractivity contribution in [1.29, 1.82) is 0 Å². The van der Waals surface area contributed by atoms with Crippen molar-refractivity contribution >= 4 is 16.9 Å². The van der Waals surface area contributed by atoms with E-state index in [1.807, 2.05) is 31.2 Å². The summed E-state index contributed by atoms with van der Waals surface area (Å²) in [6.45, 7) is 8.26. The van der Waals surface area contributed by atoms with E-state index in [9.17, 15) is 4.79 Å². The first-order valence-electron chi connectivity index (χ1n) is 7.83. The van der Waals surface area contributed by atoms with Crippen LogP contribution >= 0.6 is 0 Å². The van der Waals surface area contributed by atoms with Crippen LogP contribution in [0.25, 0.3) is 11.0 Å². The Balaban J connectivity index is 1.83. The lowest BCUT2D eigenvalue weighted by Gasteiger charge is -2.17. The van der Waals surface area contributed by atoms with Crippen LogP contribution in [0.15, 0.2) is 46.9 Å². The van der Waals surface area contributed by atoms with Gasteiger partial charge in [0, 0.05) is 5.39 Å². The number of furan rings is 1. The van der Waals surface area contributed by atoms with Crippen molar-refractivity contribution in [1.82, 2.24) is 5.32 Å². The molecule has 0 saturated carbocycles. The molecule has 1 aromatic heterocycles. The van der Waals surface area contributed by atoms with Crippen LogP contribution < -0.4 is 5.32 Å². The van der Waals surface area contributed by atoms with Crippen molar-refractivity contribution in [3.63, 3.8) is 0 Å². The SMILES string of the molecule is Cc1cc(C)c(C(C)NC(=O)c2cc3ccccc3o2)cc1C. The lowest BCUT2D eigenvalue weighted by Crippen LogP contribution is -2.26. The molecule has 3 heteroatoms. The molecule has 3 aromatic rings. The van der Waals surface area contributed by atoms with E-state index in [0.29, 0.717) is 5.76 Å². The zero-order chi connectivity index (χ0) is 16.6. The summed E-state index contributed by atoms with van der Waals surface area (Å²) in [7, 11) is 0. The highest BCUT2D eigenvalue weighted by Gasteiger charge is 2.17. The highest BCUT2D eigenvalue weighted by atomic mass is 16.3. The zero-order valence-electron chi connectivity index (χ0n) is 13.9. The molecule has 0 spiro atoms. The van der Waals surface area contributed by atoms with Crippen LogP contribution in [-0.4, -0.2) is 5.91 Å². The summed E-state index contributed by atoms with van der Waals surface area (Å²) in [6, 6.07) is 13.6. The summed E-state index contributed by atoms with van der Waals surface area (Å²) in [5.41, 5.74) is 5.55. The van der Waals surface area contributed by atoms with E-state index in [1.54, 1.807) is 6.07 Å². The van der Waals surface area contributed by atoms with Gasteiger partial charge in [0.05, 0.1) is 6.04 Å². The highest BCUT2D eigenvalue weighted by molar-refractivity contribution is 5.96. The first-order chi connectivity index (χ1) is 11.0. The van der Waals surface area contributed by atoms with E-state index < -0.39 is 0 Å². The van der Waals surface area contributed by atoms with Crippen molar-refractivity contribution in [2.45, 2.75) is 33.7 Å². The molecule has 0 radical (unpaired) electrons. The monoisotopic (exact) mass is 307 g/mol. The largest absolute Gasteiger partial charge is 0.451 e. The average Bonchev–Trinajstić information content (AvgIpc) is 2.95. The summed E-state index contributed by atoms with van der Waals surface area (Å²) in [5.74, 6) is 0.158. The number of hydrogen-bond acceptors (Lipinski definition) is 2. The summed E-state index contributed by atoms with van der Waals surface area (Å²) in [5, 5.41) is 3.97. The molecular weight excluding hydrogens is 286 g/mol. The van der Waals surface area contributed by atoms with Gasteiger partial charge in [-0.15, -0.1) is 0 Å². The van der Waals surface area contributed by atoms with Gasteiger partial charge in [-0.2, -0.15) is 0 Å². The Bertz CT molecular complexity index is 843. The second kappa shape index (κ2) is 5.92. The molecule has 1 amide bonds. The number of hydrogen-bond donors (Lipinski definition) is 1. The number of carbonyl (C=O) groups excluding carboxylic acids is 1. The highest BCUT2D eigenvalue weighted by Crippen LogP contribution is 2.23. The molecule has 1 unspecified atom stereocenters. The van der Waals surface area contributed by atoms with Crippen LogP contribution in [0.2, 0.25) is 0 Å². The summed E-state index contributed by atoms with van der Waals surface area (Å²) >= 11 is 0. The van der Waals surface area contributed by atoms with Crippen LogP contribution in [0.5, 0.6) is 0 Å². The molecule has 0 fully saturated rings. The molecule has 0 aliphatic carbocycles. The van der Waals surface area contributed by atoms with Gasteiger partial charge in [0.2, 0.25) is 0 Å². The molecule has 23 heavy (non-hydrogen) atoms. The zero-order valence-corrected chi connectivity index (χ0v) is 13.9. The number of benzene rings is 2. The molecule has 3 nitrogen and oxygen atoms in total. The van der Waals surface area contributed by atoms with E-state index in [1.165, 1.54) is 16.7 Å². The van der Waals surface area contributed by atoms with Gasteiger partial charge in [-0.25, -0.2) is 0 Å².